The van der Waals surface area contributed by atoms with Gasteiger partial charge in [0, 0.05) is 0 Å². The molecule has 0 aromatic heterocycles. The number of rotatable bonds is 7. The predicted molar refractivity (Wildman–Crippen MR) is 86.0 cm³/mol. The number of hydrogen-bond donors (Lipinski definition) is 1. The van der Waals surface area contributed by atoms with E-state index in [9.17, 15) is 0 Å². The summed E-state index contributed by atoms with van der Waals surface area (Å²) in [6.07, 6.45) is 9.70. The van der Waals surface area contributed by atoms with Crippen LogP contribution >= 0.6 is 0 Å². The zero-order valence-electron chi connectivity index (χ0n) is 14.1. The zero-order valence-corrected chi connectivity index (χ0v) is 14.1. The molecule has 0 aromatic rings. The van der Waals surface area contributed by atoms with Crippen LogP contribution in [0.4, 0.5) is 0 Å². The molecule has 2 heteroatoms. The van der Waals surface area contributed by atoms with Gasteiger partial charge in [0.15, 0.2) is 0 Å². The van der Waals surface area contributed by atoms with Crippen LogP contribution in [0.15, 0.2) is 0 Å². The molecular weight excluding hydrogens is 246 g/mol. The molecule has 1 N–H and O–H groups in total. The van der Waals surface area contributed by atoms with Crippen LogP contribution in [0, 0.1) is 17.8 Å². The fraction of sp³-hybridized carbons (Fsp3) is 1.00. The minimum Gasteiger partial charge on any atom is -0.371 e. The van der Waals surface area contributed by atoms with Gasteiger partial charge < -0.3 is 10.1 Å². The third-order valence-electron chi connectivity index (χ3n) is 5.63. The highest BCUT2D eigenvalue weighted by Gasteiger charge is 2.42. The lowest BCUT2D eigenvalue weighted by molar-refractivity contribution is -0.176. The van der Waals surface area contributed by atoms with Gasteiger partial charge in [-0.1, -0.05) is 34.1 Å². The van der Waals surface area contributed by atoms with Gasteiger partial charge in [0.1, 0.15) is 0 Å². The van der Waals surface area contributed by atoms with Crippen molar-refractivity contribution in [3.63, 3.8) is 0 Å². The molecule has 3 atom stereocenters. The maximum atomic E-state index is 6.77. The summed E-state index contributed by atoms with van der Waals surface area (Å²) in [5, 5.41) is 3.47. The fourth-order valence-electron chi connectivity index (χ4n) is 4.06. The molecule has 2 nitrogen and oxygen atoms in total. The summed E-state index contributed by atoms with van der Waals surface area (Å²) in [6, 6.07) is 0. The lowest BCUT2D eigenvalue weighted by Crippen LogP contribution is -2.48. The van der Waals surface area contributed by atoms with Gasteiger partial charge in [-0.3, -0.25) is 0 Å². The third-order valence-corrected chi connectivity index (χ3v) is 5.63. The van der Waals surface area contributed by atoms with Crippen molar-refractivity contribution < 1.29 is 4.74 Å². The maximum Gasteiger partial charge on any atom is 0.0698 e. The van der Waals surface area contributed by atoms with E-state index in [-0.39, 0.29) is 5.60 Å². The molecule has 0 spiro atoms. The van der Waals surface area contributed by atoms with E-state index in [1.54, 1.807) is 0 Å². The number of hydrogen-bond acceptors (Lipinski definition) is 2. The smallest absolute Gasteiger partial charge is 0.0698 e. The Morgan fingerprint density at radius 3 is 2.55 bits per heavy atom. The molecule has 0 bridgehead atoms. The van der Waals surface area contributed by atoms with Crippen LogP contribution in [-0.2, 0) is 4.74 Å². The van der Waals surface area contributed by atoms with Crippen molar-refractivity contribution in [3.8, 4) is 0 Å². The Bertz CT molecular complexity index is 285. The first-order valence-corrected chi connectivity index (χ1v) is 8.95. The van der Waals surface area contributed by atoms with Crippen molar-refractivity contribution in [1.82, 2.24) is 5.32 Å². The van der Waals surface area contributed by atoms with Crippen LogP contribution in [0.5, 0.6) is 0 Å². The van der Waals surface area contributed by atoms with E-state index in [0.29, 0.717) is 6.10 Å². The topological polar surface area (TPSA) is 21.3 Å². The molecule has 0 saturated heterocycles. The van der Waals surface area contributed by atoms with Gasteiger partial charge in [0.05, 0.1) is 11.7 Å². The molecule has 2 fully saturated rings. The highest BCUT2D eigenvalue weighted by molar-refractivity contribution is 4.93. The quantitative estimate of drug-likeness (QED) is 0.699. The molecule has 0 aliphatic heterocycles. The Kier molecular flexibility index (Phi) is 5.92. The molecule has 2 rings (SSSR count). The van der Waals surface area contributed by atoms with Gasteiger partial charge in [-0.15, -0.1) is 0 Å². The van der Waals surface area contributed by atoms with Crippen LogP contribution in [0.25, 0.3) is 0 Å². The van der Waals surface area contributed by atoms with E-state index in [1.807, 2.05) is 0 Å². The second-order valence-corrected chi connectivity index (χ2v) is 7.62. The Morgan fingerprint density at radius 2 is 2.00 bits per heavy atom. The van der Waals surface area contributed by atoms with Crippen molar-refractivity contribution in [2.24, 2.45) is 17.8 Å². The Hall–Kier alpha value is -0.0800. The minimum atomic E-state index is 0.219. The molecule has 3 unspecified atom stereocenters. The average molecular weight is 281 g/mol. The van der Waals surface area contributed by atoms with Gasteiger partial charge in [0.2, 0.25) is 0 Å². The van der Waals surface area contributed by atoms with E-state index in [2.05, 4.69) is 33.0 Å². The van der Waals surface area contributed by atoms with Crippen LogP contribution in [0.2, 0.25) is 0 Å². The average Bonchev–Trinajstić information content (AvgIpc) is 2.35. The highest BCUT2D eigenvalue weighted by Crippen LogP contribution is 2.44. The van der Waals surface area contributed by atoms with Crippen LogP contribution in [0.1, 0.15) is 72.6 Å². The van der Waals surface area contributed by atoms with Crippen molar-refractivity contribution in [3.05, 3.63) is 0 Å². The van der Waals surface area contributed by atoms with E-state index in [0.717, 1.165) is 30.8 Å². The molecule has 0 heterocycles. The molecule has 0 amide bonds. The van der Waals surface area contributed by atoms with Crippen molar-refractivity contribution in [2.75, 3.05) is 13.1 Å². The fourth-order valence-corrected chi connectivity index (χ4v) is 4.06. The van der Waals surface area contributed by atoms with Gasteiger partial charge in [-0.2, -0.15) is 0 Å². The van der Waals surface area contributed by atoms with Crippen molar-refractivity contribution in [2.45, 2.75) is 84.3 Å². The van der Waals surface area contributed by atoms with E-state index < -0.39 is 0 Å². The first-order valence-electron chi connectivity index (χ1n) is 8.95. The van der Waals surface area contributed by atoms with Crippen LogP contribution in [-0.4, -0.2) is 24.8 Å². The number of nitrogens with one attached hydrogen (secondary N) is 1. The molecular formula is C18H35NO. The lowest BCUT2D eigenvalue weighted by atomic mass is 9.73. The summed E-state index contributed by atoms with van der Waals surface area (Å²) in [7, 11) is 0. The third kappa shape index (κ3) is 3.98. The molecule has 2 aliphatic carbocycles. The SMILES string of the molecule is CCNCCC1(OC2CC(C)CCC2C(C)C)CCC1. The molecule has 0 aromatic carbocycles. The molecule has 118 valence electrons. The molecule has 0 radical (unpaired) electrons. The van der Waals surface area contributed by atoms with Crippen molar-refractivity contribution >= 4 is 0 Å². The van der Waals surface area contributed by atoms with Crippen LogP contribution in [0.3, 0.4) is 0 Å². The first-order chi connectivity index (χ1) is 9.56. The Labute approximate surface area is 126 Å². The summed E-state index contributed by atoms with van der Waals surface area (Å²) in [5.41, 5.74) is 0.219. The highest BCUT2D eigenvalue weighted by atomic mass is 16.5. The molecule has 2 aliphatic rings. The summed E-state index contributed by atoms with van der Waals surface area (Å²) >= 11 is 0. The van der Waals surface area contributed by atoms with Gasteiger partial charge in [-0.05, 0) is 69.4 Å². The Balaban J connectivity index is 1.93. The normalized spacial score (nSPS) is 33.1. The zero-order chi connectivity index (χ0) is 14.6. The summed E-state index contributed by atoms with van der Waals surface area (Å²) in [5.74, 6) is 2.39. The van der Waals surface area contributed by atoms with E-state index >= 15 is 0 Å². The first kappa shape index (κ1) is 16.3. The second kappa shape index (κ2) is 7.26. The van der Waals surface area contributed by atoms with E-state index in [4.69, 9.17) is 4.74 Å². The largest absolute Gasteiger partial charge is 0.371 e. The van der Waals surface area contributed by atoms with Gasteiger partial charge in [-0.25, -0.2) is 0 Å². The number of ether oxygens (including phenoxy) is 1. The van der Waals surface area contributed by atoms with Crippen molar-refractivity contribution in [1.29, 1.82) is 0 Å². The van der Waals surface area contributed by atoms with Gasteiger partial charge in [0.25, 0.3) is 0 Å². The minimum absolute atomic E-state index is 0.219. The maximum absolute atomic E-state index is 6.77. The summed E-state index contributed by atoms with van der Waals surface area (Å²) < 4.78 is 6.77. The molecule has 20 heavy (non-hydrogen) atoms. The van der Waals surface area contributed by atoms with Crippen LogP contribution < -0.4 is 5.32 Å². The monoisotopic (exact) mass is 281 g/mol. The van der Waals surface area contributed by atoms with Gasteiger partial charge >= 0.3 is 0 Å². The predicted octanol–water partition coefficient (Wildman–Crippen LogP) is 4.39. The lowest BCUT2D eigenvalue weighted by Gasteiger charge is -2.48. The van der Waals surface area contributed by atoms with E-state index in [1.165, 1.54) is 44.9 Å². The second-order valence-electron chi connectivity index (χ2n) is 7.62. The Morgan fingerprint density at radius 1 is 1.25 bits per heavy atom. The summed E-state index contributed by atoms with van der Waals surface area (Å²) in [6.45, 7) is 11.5. The standard InChI is InChI=1S/C18H35NO/c1-5-19-12-11-18(9-6-10-18)20-17-13-15(4)7-8-16(17)14(2)3/h14-17,19H,5-13H2,1-4H3. The molecule has 2 saturated carbocycles. The summed E-state index contributed by atoms with van der Waals surface area (Å²) in [4.78, 5) is 0.